The van der Waals surface area contributed by atoms with Gasteiger partial charge < -0.3 is 19.8 Å². The Morgan fingerprint density at radius 2 is 2.39 bits per heavy atom. The first-order chi connectivity index (χ1) is 11.2. The summed E-state index contributed by atoms with van der Waals surface area (Å²) in [5, 5.41) is 3.23. The van der Waals surface area contributed by atoms with Crippen molar-refractivity contribution in [2.45, 2.75) is 25.4 Å². The number of hydrogen-bond donors (Lipinski definition) is 2. The number of nitrogens with one attached hydrogen (secondary N) is 2. The Balaban J connectivity index is 1.39. The van der Waals surface area contributed by atoms with Crippen LogP contribution in [0.1, 0.15) is 29.8 Å². The first-order valence-corrected chi connectivity index (χ1v) is 7.99. The lowest BCUT2D eigenvalue weighted by Gasteiger charge is -2.10. The molecule has 1 aliphatic rings. The molecule has 124 valence electrons. The van der Waals surface area contributed by atoms with E-state index in [-0.39, 0.29) is 17.8 Å². The molecular weight excluding hydrogens is 299 g/mol. The second-order valence-electron chi connectivity index (χ2n) is 5.70. The molecule has 1 aromatic carbocycles. The predicted molar refractivity (Wildman–Crippen MR) is 85.0 cm³/mol. The van der Waals surface area contributed by atoms with E-state index in [1.807, 2.05) is 0 Å². The molecule has 0 aliphatic carbocycles. The van der Waals surface area contributed by atoms with E-state index in [0.29, 0.717) is 36.4 Å². The number of carbonyl (C=O) groups is 1. The van der Waals surface area contributed by atoms with Crippen molar-refractivity contribution >= 4 is 16.8 Å². The van der Waals surface area contributed by atoms with Gasteiger partial charge in [-0.1, -0.05) is 6.07 Å². The summed E-state index contributed by atoms with van der Waals surface area (Å²) >= 11 is 0. The molecule has 1 saturated heterocycles. The molecule has 2 N–H and O–H groups in total. The molecule has 1 atom stereocenters. The van der Waals surface area contributed by atoms with Crippen LogP contribution in [0.15, 0.2) is 24.3 Å². The Morgan fingerprint density at radius 1 is 1.48 bits per heavy atom. The number of rotatable bonds is 7. The molecule has 23 heavy (non-hydrogen) atoms. The zero-order chi connectivity index (χ0) is 16.1. The van der Waals surface area contributed by atoms with Gasteiger partial charge in [0.15, 0.2) is 0 Å². The number of H-pyrrole nitrogens is 1. The number of benzene rings is 1. The van der Waals surface area contributed by atoms with Gasteiger partial charge in [0, 0.05) is 30.7 Å². The molecule has 5 nitrogen and oxygen atoms in total. The minimum atomic E-state index is -0.333. The Morgan fingerprint density at radius 3 is 3.17 bits per heavy atom. The van der Waals surface area contributed by atoms with Crippen LogP contribution in [0.4, 0.5) is 4.39 Å². The van der Waals surface area contributed by atoms with Crippen molar-refractivity contribution in [3.8, 4) is 0 Å². The fourth-order valence-corrected chi connectivity index (χ4v) is 2.70. The molecule has 1 amide bonds. The smallest absolute Gasteiger partial charge is 0.267 e. The molecule has 3 rings (SSSR count). The van der Waals surface area contributed by atoms with E-state index in [1.54, 1.807) is 12.1 Å². The summed E-state index contributed by atoms with van der Waals surface area (Å²) in [7, 11) is 0. The number of amides is 1. The molecule has 1 fully saturated rings. The van der Waals surface area contributed by atoms with Gasteiger partial charge in [-0.25, -0.2) is 4.39 Å². The van der Waals surface area contributed by atoms with Crippen LogP contribution in [0.3, 0.4) is 0 Å². The van der Waals surface area contributed by atoms with Crippen molar-refractivity contribution in [1.82, 2.24) is 10.3 Å². The van der Waals surface area contributed by atoms with Crippen LogP contribution in [0.2, 0.25) is 0 Å². The maximum atomic E-state index is 13.6. The van der Waals surface area contributed by atoms with E-state index in [4.69, 9.17) is 9.47 Å². The fraction of sp³-hybridized carbons (Fsp3) is 0.471. The lowest BCUT2D eigenvalue weighted by molar-refractivity contribution is 0.0166. The summed E-state index contributed by atoms with van der Waals surface area (Å²) < 4.78 is 24.6. The number of carbonyl (C=O) groups excluding carboxylic acids is 1. The maximum absolute atomic E-state index is 13.6. The second-order valence-corrected chi connectivity index (χ2v) is 5.70. The number of ether oxygens (including phenoxy) is 2. The van der Waals surface area contributed by atoms with E-state index in [9.17, 15) is 9.18 Å². The third-order valence-corrected chi connectivity index (χ3v) is 3.93. The predicted octanol–water partition coefficient (Wildman–Crippen LogP) is 2.62. The number of hydrogen-bond acceptors (Lipinski definition) is 3. The van der Waals surface area contributed by atoms with Crippen LogP contribution >= 0.6 is 0 Å². The highest BCUT2D eigenvalue weighted by Crippen LogP contribution is 2.18. The average molecular weight is 320 g/mol. The molecule has 1 unspecified atom stereocenters. The van der Waals surface area contributed by atoms with Crippen molar-refractivity contribution in [3.05, 3.63) is 35.8 Å². The summed E-state index contributed by atoms with van der Waals surface area (Å²) in [6.07, 6.45) is 3.13. The highest BCUT2D eigenvalue weighted by molar-refractivity contribution is 5.98. The van der Waals surface area contributed by atoms with Crippen LogP contribution in [0.5, 0.6) is 0 Å². The molecule has 1 aliphatic heterocycles. The van der Waals surface area contributed by atoms with Crippen LogP contribution in [-0.4, -0.2) is 43.4 Å². The van der Waals surface area contributed by atoms with Crippen LogP contribution in [0.25, 0.3) is 10.9 Å². The van der Waals surface area contributed by atoms with Gasteiger partial charge in [0.2, 0.25) is 0 Å². The number of aromatic nitrogens is 1. The molecule has 0 radical (unpaired) electrons. The lowest BCUT2D eigenvalue weighted by Crippen LogP contribution is -2.26. The van der Waals surface area contributed by atoms with E-state index < -0.39 is 0 Å². The first kappa shape index (κ1) is 16.0. The van der Waals surface area contributed by atoms with E-state index >= 15 is 0 Å². The van der Waals surface area contributed by atoms with Gasteiger partial charge in [-0.05, 0) is 37.5 Å². The summed E-state index contributed by atoms with van der Waals surface area (Å²) in [4.78, 5) is 15.0. The molecule has 2 heterocycles. The summed E-state index contributed by atoms with van der Waals surface area (Å²) in [6.45, 7) is 2.55. The van der Waals surface area contributed by atoms with E-state index in [2.05, 4.69) is 10.3 Å². The highest BCUT2D eigenvalue weighted by atomic mass is 19.1. The molecular formula is C17H21FN2O3. The standard InChI is InChI=1S/C17H21FN2O3/c18-14-5-1-6-15-13(14)10-16(20-15)17(21)19-7-3-8-22-11-12-4-2-9-23-12/h1,5-6,10,12,20H,2-4,7-9,11H2,(H,19,21). The van der Waals surface area contributed by atoms with Gasteiger partial charge in [0.05, 0.1) is 12.7 Å². The van der Waals surface area contributed by atoms with Gasteiger partial charge in [0.25, 0.3) is 5.91 Å². The van der Waals surface area contributed by atoms with Gasteiger partial charge in [0.1, 0.15) is 11.5 Å². The van der Waals surface area contributed by atoms with Crippen molar-refractivity contribution in [2.75, 3.05) is 26.4 Å². The fourth-order valence-electron chi connectivity index (χ4n) is 2.70. The summed E-state index contributed by atoms with van der Waals surface area (Å²) in [6, 6.07) is 6.27. The molecule has 0 spiro atoms. The summed E-state index contributed by atoms with van der Waals surface area (Å²) in [5.74, 6) is -0.569. The van der Waals surface area contributed by atoms with Crippen LogP contribution < -0.4 is 5.32 Å². The van der Waals surface area contributed by atoms with Crippen LogP contribution in [-0.2, 0) is 9.47 Å². The molecule has 6 heteroatoms. The van der Waals surface area contributed by atoms with Gasteiger partial charge in [-0.3, -0.25) is 4.79 Å². The number of halogens is 1. The zero-order valence-electron chi connectivity index (χ0n) is 12.9. The number of aromatic amines is 1. The topological polar surface area (TPSA) is 63.4 Å². The Labute approximate surface area is 134 Å². The Hall–Kier alpha value is -1.92. The highest BCUT2D eigenvalue weighted by Gasteiger charge is 2.15. The van der Waals surface area contributed by atoms with Crippen molar-refractivity contribution in [1.29, 1.82) is 0 Å². The molecule has 0 bridgehead atoms. The van der Waals surface area contributed by atoms with E-state index in [1.165, 1.54) is 12.1 Å². The molecule has 1 aromatic heterocycles. The van der Waals surface area contributed by atoms with Gasteiger partial charge in [-0.15, -0.1) is 0 Å². The maximum Gasteiger partial charge on any atom is 0.267 e. The van der Waals surface area contributed by atoms with Gasteiger partial charge in [-0.2, -0.15) is 0 Å². The lowest BCUT2D eigenvalue weighted by atomic mass is 10.2. The van der Waals surface area contributed by atoms with E-state index in [0.717, 1.165) is 25.9 Å². The minimum Gasteiger partial charge on any atom is -0.379 e. The normalized spacial score (nSPS) is 17.7. The monoisotopic (exact) mass is 320 g/mol. The summed E-state index contributed by atoms with van der Waals surface area (Å²) in [5.41, 5.74) is 0.987. The molecule has 0 saturated carbocycles. The molecule has 2 aromatic rings. The Kier molecular flexibility index (Phi) is 5.25. The SMILES string of the molecule is O=C(NCCCOCC1CCCO1)c1cc2c(F)cccc2[nH]1. The minimum absolute atomic E-state index is 0.228. The third kappa shape index (κ3) is 4.09. The second kappa shape index (κ2) is 7.57. The van der Waals surface area contributed by atoms with Gasteiger partial charge >= 0.3 is 0 Å². The number of fused-ring (bicyclic) bond motifs is 1. The van der Waals surface area contributed by atoms with Crippen molar-refractivity contribution in [3.63, 3.8) is 0 Å². The van der Waals surface area contributed by atoms with Crippen molar-refractivity contribution < 1.29 is 18.7 Å². The average Bonchev–Trinajstić information content (AvgIpc) is 3.20. The quantitative estimate of drug-likeness (QED) is 0.771. The van der Waals surface area contributed by atoms with Crippen LogP contribution in [0, 0.1) is 5.82 Å². The van der Waals surface area contributed by atoms with Crippen molar-refractivity contribution in [2.24, 2.45) is 0 Å². The Bertz CT molecular complexity index is 665. The third-order valence-electron chi connectivity index (χ3n) is 3.93. The zero-order valence-corrected chi connectivity index (χ0v) is 12.9. The first-order valence-electron chi connectivity index (χ1n) is 7.99. The largest absolute Gasteiger partial charge is 0.379 e.